The van der Waals surface area contributed by atoms with E-state index in [-0.39, 0.29) is 47.0 Å². The summed E-state index contributed by atoms with van der Waals surface area (Å²) in [6.45, 7) is 0.751. The van der Waals surface area contributed by atoms with Gasteiger partial charge in [0.05, 0.1) is 19.8 Å². The van der Waals surface area contributed by atoms with E-state index in [4.69, 9.17) is 21.1 Å². The number of pyridine rings is 1. The van der Waals surface area contributed by atoms with E-state index in [1.54, 1.807) is 9.47 Å². The van der Waals surface area contributed by atoms with Crippen LogP contribution in [0, 0.1) is 23.5 Å². The SMILES string of the molecule is COc1c2n(cc(C(=O)NCc3ccc(F)c(Cl)c3F)c1=O)[C@@H]1C[C@@H]3C[C@@H]3[C@@]13OCCCN3C2=O. The Morgan fingerprint density at radius 3 is 2.89 bits per heavy atom. The smallest absolute Gasteiger partial charge is 0.276 e. The fraction of sp³-hybridized carbons (Fsp3) is 0.458. The van der Waals surface area contributed by atoms with Crippen LogP contribution in [-0.2, 0) is 11.3 Å². The second-order valence-corrected chi connectivity index (χ2v) is 9.82. The molecule has 2 aliphatic carbocycles. The predicted molar refractivity (Wildman–Crippen MR) is 119 cm³/mol. The molecule has 2 amide bonds. The molecule has 6 rings (SSSR count). The third kappa shape index (κ3) is 3.02. The van der Waals surface area contributed by atoms with Crippen molar-refractivity contribution >= 4 is 23.4 Å². The number of rotatable bonds is 4. The van der Waals surface area contributed by atoms with Crippen molar-refractivity contribution in [2.24, 2.45) is 11.8 Å². The first kappa shape index (κ1) is 22.5. The van der Waals surface area contributed by atoms with Crippen LogP contribution in [0.5, 0.6) is 5.75 Å². The van der Waals surface area contributed by atoms with Crippen LogP contribution in [-0.4, -0.2) is 47.3 Å². The third-order valence-corrected chi connectivity index (χ3v) is 8.06. The van der Waals surface area contributed by atoms with Gasteiger partial charge < -0.3 is 24.3 Å². The summed E-state index contributed by atoms with van der Waals surface area (Å²) in [6, 6.07) is 1.91. The van der Waals surface area contributed by atoms with Crippen molar-refractivity contribution in [2.45, 2.75) is 37.6 Å². The Morgan fingerprint density at radius 2 is 2.11 bits per heavy atom. The van der Waals surface area contributed by atoms with Crippen molar-refractivity contribution in [3.8, 4) is 5.75 Å². The molecule has 0 radical (unpaired) electrons. The second-order valence-electron chi connectivity index (χ2n) is 9.44. The van der Waals surface area contributed by atoms with Crippen LogP contribution in [0.1, 0.15) is 51.7 Å². The third-order valence-electron chi connectivity index (χ3n) is 7.72. The van der Waals surface area contributed by atoms with Crippen molar-refractivity contribution in [1.29, 1.82) is 0 Å². The summed E-state index contributed by atoms with van der Waals surface area (Å²) < 4.78 is 41.0. The van der Waals surface area contributed by atoms with Crippen molar-refractivity contribution in [3.63, 3.8) is 0 Å². The molecule has 4 atom stereocenters. The number of carbonyl (C=O) groups is 2. The summed E-state index contributed by atoms with van der Waals surface area (Å²) in [4.78, 5) is 41.6. The first-order chi connectivity index (χ1) is 16.8. The summed E-state index contributed by atoms with van der Waals surface area (Å²) in [6.07, 6.45) is 3.82. The lowest BCUT2D eigenvalue weighted by Gasteiger charge is -2.53. The number of halogens is 3. The van der Waals surface area contributed by atoms with Crippen molar-refractivity contribution in [2.75, 3.05) is 20.3 Å². The number of nitrogens with zero attached hydrogens (tertiary/aromatic N) is 2. The molecular weight excluding hydrogens is 484 g/mol. The van der Waals surface area contributed by atoms with E-state index in [1.807, 2.05) is 0 Å². The molecule has 1 spiro atoms. The molecule has 184 valence electrons. The molecule has 2 aromatic rings. The maximum Gasteiger partial charge on any atom is 0.276 e. The van der Waals surface area contributed by atoms with E-state index < -0.39 is 33.7 Å². The number of methoxy groups -OCH3 is 1. The summed E-state index contributed by atoms with van der Waals surface area (Å²) in [5.41, 5.74) is -1.69. The van der Waals surface area contributed by atoms with E-state index in [0.29, 0.717) is 25.5 Å². The molecule has 3 heterocycles. The van der Waals surface area contributed by atoms with Crippen LogP contribution in [0.4, 0.5) is 8.78 Å². The summed E-state index contributed by atoms with van der Waals surface area (Å²) in [5, 5.41) is 1.82. The Labute approximate surface area is 203 Å². The fourth-order valence-corrected chi connectivity index (χ4v) is 6.28. The molecule has 1 aromatic carbocycles. The van der Waals surface area contributed by atoms with E-state index >= 15 is 0 Å². The number of ether oxygens (including phenoxy) is 2. The predicted octanol–water partition coefficient (Wildman–Crippen LogP) is 2.87. The van der Waals surface area contributed by atoms with Gasteiger partial charge in [0.25, 0.3) is 11.8 Å². The maximum atomic E-state index is 14.3. The maximum absolute atomic E-state index is 14.3. The normalized spacial score (nSPS) is 28.1. The lowest BCUT2D eigenvalue weighted by molar-refractivity contribution is -0.202. The molecular formula is C24H22ClF2N3O5. The van der Waals surface area contributed by atoms with Crippen LogP contribution in [0.15, 0.2) is 23.1 Å². The molecule has 1 saturated heterocycles. The van der Waals surface area contributed by atoms with E-state index in [1.165, 1.54) is 19.4 Å². The molecule has 0 unspecified atom stereocenters. The van der Waals surface area contributed by atoms with Gasteiger partial charge in [-0.1, -0.05) is 17.7 Å². The minimum atomic E-state index is -0.987. The molecule has 3 fully saturated rings. The molecule has 2 saturated carbocycles. The Balaban J connectivity index is 1.40. The zero-order chi connectivity index (χ0) is 24.6. The van der Waals surface area contributed by atoms with Gasteiger partial charge in [0.2, 0.25) is 5.43 Å². The van der Waals surface area contributed by atoms with E-state index in [0.717, 1.165) is 18.9 Å². The Morgan fingerprint density at radius 1 is 1.31 bits per heavy atom. The second kappa shape index (κ2) is 7.76. The van der Waals surface area contributed by atoms with Crippen LogP contribution < -0.4 is 15.5 Å². The summed E-state index contributed by atoms with van der Waals surface area (Å²) in [5.74, 6) is -2.61. The Hall–Kier alpha value is -2.98. The van der Waals surface area contributed by atoms with Gasteiger partial charge in [-0.15, -0.1) is 0 Å². The van der Waals surface area contributed by atoms with Crippen molar-refractivity contribution in [1.82, 2.24) is 14.8 Å². The monoisotopic (exact) mass is 505 g/mol. The molecule has 1 N–H and O–H groups in total. The Bertz CT molecular complexity index is 1350. The van der Waals surface area contributed by atoms with Gasteiger partial charge in [0.1, 0.15) is 22.2 Å². The Kier molecular flexibility index (Phi) is 4.98. The average Bonchev–Trinajstić information content (AvgIpc) is 3.57. The minimum absolute atomic E-state index is 0.0361. The van der Waals surface area contributed by atoms with Crippen LogP contribution in [0.2, 0.25) is 5.02 Å². The van der Waals surface area contributed by atoms with Crippen molar-refractivity contribution in [3.05, 3.63) is 62.0 Å². The molecule has 0 bridgehead atoms. The van der Waals surface area contributed by atoms with Gasteiger partial charge in [-0.25, -0.2) is 8.78 Å². The molecule has 8 nitrogen and oxygen atoms in total. The van der Waals surface area contributed by atoms with Gasteiger partial charge in [0.15, 0.2) is 17.2 Å². The number of carbonyl (C=O) groups excluding carboxylic acids is 2. The lowest BCUT2D eigenvalue weighted by atomic mass is 9.92. The lowest BCUT2D eigenvalue weighted by Crippen LogP contribution is -2.65. The highest BCUT2D eigenvalue weighted by atomic mass is 35.5. The highest BCUT2D eigenvalue weighted by Gasteiger charge is 2.71. The average molecular weight is 506 g/mol. The van der Waals surface area contributed by atoms with E-state index in [2.05, 4.69) is 5.32 Å². The summed E-state index contributed by atoms with van der Waals surface area (Å²) >= 11 is 5.61. The van der Waals surface area contributed by atoms with Gasteiger partial charge >= 0.3 is 0 Å². The zero-order valence-corrected chi connectivity index (χ0v) is 19.5. The molecule has 11 heteroatoms. The standard InChI is InChI=1S/C24H22ClF2N3O5/c1-34-21-19-23(33)30-5-2-6-35-24(30)14-7-12(14)8-16(24)29(19)10-13(20(21)31)22(32)28-9-11-3-4-15(26)17(25)18(11)27/h3-4,10,12,14,16H,2,5-9H2,1H3,(H,28,32)/t12-,14-,16+,24+/m0/s1. The first-order valence-electron chi connectivity index (χ1n) is 11.5. The number of fused-ring (bicyclic) bond motifs is 3. The van der Waals surface area contributed by atoms with Gasteiger partial charge in [-0.2, -0.15) is 0 Å². The zero-order valence-electron chi connectivity index (χ0n) is 18.8. The highest BCUT2D eigenvalue weighted by Crippen LogP contribution is 2.66. The number of aromatic nitrogens is 1. The number of benzene rings is 1. The van der Waals surface area contributed by atoms with Crippen LogP contribution in [0.3, 0.4) is 0 Å². The molecule has 4 aliphatic rings. The van der Waals surface area contributed by atoms with Gasteiger partial charge in [-0.3, -0.25) is 14.4 Å². The first-order valence-corrected chi connectivity index (χ1v) is 11.9. The number of amides is 2. The molecule has 1 aromatic heterocycles. The topological polar surface area (TPSA) is 89.9 Å². The molecule has 35 heavy (non-hydrogen) atoms. The summed E-state index contributed by atoms with van der Waals surface area (Å²) in [7, 11) is 1.28. The quantitative estimate of drug-likeness (QED) is 0.645. The van der Waals surface area contributed by atoms with E-state index in [9.17, 15) is 23.2 Å². The number of hydrogen-bond acceptors (Lipinski definition) is 5. The van der Waals surface area contributed by atoms with Gasteiger partial charge in [-0.05, 0) is 31.2 Å². The highest BCUT2D eigenvalue weighted by molar-refractivity contribution is 6.30. The number of hydrogen-bond donors (Lipinski definition) is 1. The van der Waals surface area contributed by atoms with Crippen LogP contribution >= 0.6 is 11.6 Å². The van der Waals surface area contributed by atoms with Crippen LogP contribution in [0.25, 0.3) is 0 Å². The largest absolute Gasteiger partial charge is 0.491 e. The fourth-order valence-electron chi connectivity index (χ4n) is 6.10. The van der Waals surface area contributed by atoms with Crippen molar-refractivity contribution < 1.29 is 27.8 Å². The number of nitrogens with one attached hydrogen (secondary N) is 1. The minimum Gasteiger partial charge on any atom is -0.491 e. The molecule has 2 aliphatic heterocycles. The van der Waals surface area contributed by atoms with Gasteiger partial charge in [0, 0.05) is 30.8 Å².